The number of aryl methyl sites for hydroxylation is 1. The van der Waals surface area contributed by atoms with Crippen LogP contribution in [-0.4, -0.2) is 17.7 Å². The number of nitrogens with zero attached hydrogens (tertiary/aromatic N) is 1. The Hall–Kier alpha value is -1.26. The number of hydrogen-bond donors (Lipinski definition) is 1. The van der Waals surface area contributed by atoms with Crippen LogP contribution < -0.4 is 5.32 Å². The van der Waals surface area contributed by atoms with Crippen molar-refractivity contribution >= 4 is 5.69 Å². The summed E-state index contributed by atoms with van der Waals surface area (Å²) >= 11 is 0. The summed E-state index contributed by atoms with van der Waals surface area (Å²) in [5, 5.41) is 2.68. The number of hydrogen-bond acceptors (Lipinski definition) is 2. The van der Waals surface area contributed by atoms with Gasteiger partial charge in [-0.3, -0.25) is 4.98 Å². The average molecular weight is 204 g/mol. The first-order valence-corrected chi connectivity index (χ1v) is 4.21. The maximum absolute atomic E-state index is 11.8. The van der Waals surface area contributed by atoms with Crippen LogP contribution in [0.1, 0.15) is 12.1 Å². The molecular weight excluding hydrogens is 193 g/mol. The summed E-state index contributed by atoms with van der Waals surface area (Å²) in [6, 6.07) is 3.35. The summed E-state index contributed by atoms with van der Waals surface area (Å²) in [6.07, 6.45) is -3.37. The smallest absolute Gasteiger partial charge is 0.385 e. The molecule has 0 atom stereocenters. The van der Waals surface area contributed by atoms with Gasteiger partial charge in [-0.1, -0.05) is 0 Å². The van der Waals surface area contributed by atoms with Crippen LogP contribution in [0.4, 0.5) is 18.9 Å². The van der Waals surface area contributed by atoms with Crippen molar-refractivity contribution in [2.24, 2.45) is 0 Å². The molecule has 0 bridgehead atoms. The molecule has 0 spiro atoms. The molecule has 78 valence electrons. The lowest BCUT2D eigenvalue weighted by Crippen LogP contribution is -2.14. The Morgan fingerprint density at radius 3 is 2.71 bits per heavy atom. The molecular formula is C9H11F3N2. The van der Waals surface area contributed by atoms with E-state index in [9.17, 15) is 13.2 Å². The fourth-order valence-electron chi connectivity index (χ4n) is 1.00. The first-order chi connectivity index (χ1) is 6.47. The predicted octanol–water partition coefficient (Wildman–Crippen LogP) is 2.75. The summed E-state index contributed by atoms with van der Waals surface area (Å²) in [7, 11) is 0. The van der Waals surface area contributed by atoms with Gasteiger partial charge in [0.05, 0.1) is 6.42 Å². The minimum Gasteiger partial charge on any atom is -0.385 e. The van der Waals surface area contributed by atoms with Crippen molar-refractivity contribution in [2.45, 2.75) is 19.5 Å². The molecule has 0 unspecified atom stereocenters. The van der Waals surface area contributed by atoms with E-state index in [2.05, 4.69) is 10.3 Å². The SMILES string of the molecule is Cc1cc(NCCC(F)(F)F)ccn1. The molecule has 1 heterocycles. The van der Waals surface area contributed by atoms with Crippen molar-refractivity contribution in [3.8, 4) is 0 Å². The standard InChI is InChI=1S/C9H11F3N2/c1-7-6-8(2-4-13-7)14-5-3-9(10,11)12/h2,4,6H,3,5H2,1H3,(H,13,14). The van der Waals surface area contributed by atoms with E-state index in [4.69, 9.17) is 0 Å². The van der Waals surface area contributed by atoms with Gasteiger partial charge in [0.15, 0.2) is 0 Å². The predicted molar refractivity (Wildman–Crippen MR) is 48.1 cm³/mol. The summed E-state index contributed by atoms with van der Waals surface area (Å²) in [6.45, 7) is 1.68. The quantitative estimate of drug-likeness (QED) is 0.818. The zero-order valence-electron chi connectivity index (χ0n) is 7.73. The van der Waals surface area contributed by atoms with Crippen molar-refractivity contribution < 1.29 is 13.2 Å². The Kier molecular flexibility index (Phi) is 3.33. The molecule has 0 aliphatic rings. The third-order valence-corrected chi connectivity index (χ3v) is 1.63. The Bertz CT molecular complexity index is 296. The highest BCUT2D eigenvalue weighted by atomic mass is 19.4. The molecule has 1 aromatic rings. The van der Waals surface area contributed by atoms with Gasteiger partial charge < -0.3 is 5.32 Å². The van der Waals surface area contributed by atoms with E-state index in [-0.39, 0.29) is 6.54 Å². The molecule has 0 radical (unpaired) electrons. The highest BCUT2D eigenvalue weighted by molar-refractivity contribution is 5.42. The molecule has 5 heteroatoms. The van der Waals surface area contributed by atoms with Crippen LogP contribution in [0, 0.1) is 6.92 Å². The Balaban J connectivity index is 2.39. The lowest BCUT2D eigenvalue weighted by molar-refractivity contribution is -0.131. The summed E-state index contributed by atoms with van der Waals surface area (Å²) in [4.78, 5) is 3.93. The van der Waals surface area contributed by atoms with Gasteiger partial charge in [0.25, 0.3) is 0 Å². The first kappa shape index (κ1) is 10.8. The van der Waals surface area contributed by atoms with Gasteiger partial charge in [-0.15, -0.1) is 0 Å². The Morgan fingerprint density at radius 1 is 1.43 bits per heavy atom. The maximum atomic E-state index is 11.8. The molecule has 0 saturated carbocycles. The second-order valence-corrected chi connectivity index (χ2v) is 2.98. The van der Waals surface area contributed by atoms with Gasteiger partial charge >= 0.3 is 6.18 Å². The number of rotatable bonds is 3. The van der Waals surface area contributed by atoms with Gasteiger partial charge in [-0.2, -0.15) is 13.2 Å². The Morgan fingerprint density at radius 2 is 2.14 bits per heavy atom. The fraction of sp³-hybridized carbons (Fsp3) is 0.444. The van der Waals surface area contributed by atoms with Gasteiger partial charge in [0.1, 0.15) is 0 Å². The van der Waals surface area contributed by atoms with Gasteiger partial charge in [-0.05, 0) is 19.1 Å². The molecule has 0 saturated heterocycles. The number of halogens is 3. The number of nitrogens with one attached hydrogen (secondary N) is 1. The van der Waals surface area contributed by atoms with Gasteiger partial charge in [0.2, 0.25) is 0 Å². The zero-order valence-corrected chi connectivity index (χ0v) is 7.73. The average Bonchev–Trinajstić information content (AvgIpc) is 2.01. The van der Waals surface area contributed by atoms with Crippen molar-refractivity contribution in [1.29, 1.82) is 0 Å². The van der Waals surface area contributed by atoms with Crippen LogP contribution in [0.5, 0.6) is 0 Å². The summed E-state index contributed by atoms with van der Waals surface area (Å²) in [5.41, 5.74) is 1.45. The van der Waals surface area contributed by atoms with E-state index >= 15 is 0 Å². The summed E-state index contributed by atoms with van der Waals surface area (Å²) in [5.74, 6) is 0. The second kappa shape index (κ2) is 4.30. The molecule has 2 nitrogen and oxygen atoms in total. The van der Waals surface area contributed by atoms with Crippen molar-refractivity contribution in [2.75, 3.05) is 11.9 Å². The van der Waals surface area contributed by atoms with Crippen molar-refractivity contribution in [1.82, 2.24) is 4.98 Å². The number of aromatic nitrogens is 1. The lowest BCUT2D eigenvalue weighted by atomic mass is 10.3. The normalized spacial score (nSPS) is 11.4. The molecule has 14 heavy (non-hydrogen) atoms. The van der Waals surface area contributed by atoms with E-state index in [0.717, 1.165) is 5.69 Å². The zero-order chi connectivity index (χ0) is 10.6. The number of alkyl halides is 3. The van der Waals surface area contributed by atoms with Crippen LogP contribution in [0.25, 0.3) is 0 Å². The highest BCUT2D eigenvalue weighted by Gasteiger charge is 2.25. The monoisotopic (exact) mass is 204 g/mol. The number of pyridine rings is 1. The van der Waals surface area contributed by atoms with E-state index in [0.29, 0.717) is 5.69 Å². The lowest BCUT2D eigenvalue weighted by Gasteiger charge is -2.08. The molecule has 1 rings (SSSR count). The minimum atomic E-state index is -4.10. The second-order valence-electron chi connectivity index (χ2n) is 2.98. The van der Waals surface area contributed by atoms with Crippen molar-refractivity contribution in [3.63, 3.8) is 0 Å². The molecule has 1 aromatic heterocycles. The van der Waals surface area contributed by atoms with Crippen LogP contribution in [0.2, 0.25) is 0 Å². The fourth-order valence-corrected chi connectivity index (χ4v) is 1.00. The molecule has 0 aliphatic carbocycles. The van der Waals surface area contributed by atoms with Gasteiger partial charge in [-0.25, -0.2) is 0 Å². The molecule has 0 aromatic carbocycles. The molecule has 0 fully saturated rings. The first-order valence-electron chi connectivity index (χ1n) is 4.21. The third-order valence-electron chi connectivity index (χ3n) is 1.63. The molecule has 1 N–H and O–H groups in total. The van der Waals surface area contributed by atoms with Crippen molar-refractivity contribution in [3.05, 3.63) is 24.0 Å². The van der Waals surface area contributed by atoms with Crippen LogP contribution in [-0.2, 0) is 0 Å². The topological polar surface area (TPSA) is 24.9 Å². The third kappa shape index (κ3) is 4.11. The minimum absolute atomic E-state index is 0.104. The Labute approximate surface area is 80.2 Å². The largest absolute Gasteiger partial charge is 0.390 e. The molecule has 0 aliphatic heterocycles. The van der Waals surface area contributed by atoms with E-state index in [1.807, 2.05) is 0 Å². The van der Waals surface area contributed by atoms with E-state index in [1.165, 1.54) is 0 Å². The number of anilines is 1. The van der Waals surface area contributed by atoms with Crippen LogP contribution in [0.3, 0.4) is 0 Å². The van der Waals surface area contributed by atoms with Gasteiger partial charge in [0, 0.05) is 24.1 Å². The maximum Gasteiger partial charge on any atom is 0.390 e. The highest BCUT2D eigenvalue weighted by Crippen LogP contribution is 2.19. The van der Waals surface area contributed by atoms with Crippen LogP contribution in [0.15, 0.2) is 18.3 Å². The van der Waals surface area contributed by atoms with E-state index in [1.54, 1.807) is 25.3 Å². The van der Waals surface area contributed by atoms with Crippen LogP contribution >= 0.6 is 0 Å². The summed E-state index contributed by atoms with van der Waals surface area (Å²) < 4.78 is 35.4. The van der Waals surface area contributed by atoms with E-state index < -0.39 is 12.6 Å². The molecule has 0 amide bonds.